The molecule has 21 aromatic heterocycles. The van der Waals surface area contributed by atoms with Crippen molar-refractivity contribution in [1.82, 2.24) is 155 Å². The van der Waals surface area contributed by atoms with E-state index in [4.69, 9.17) is 19.9 Å². The fourth-order valence-corrected chi connectivity index (χ4v) is 17.7. The standard InChI is InChI=1S/C28H23FN8O.C26H26N10O.C26H28N10O.C26H21N9O/c1-15(2)6-24(38)33-20-8-17(10-30-12-20)18-9-21-26(36-37-27(21)32-11-18)28-34-23-14-31-13-22(25(23)35-28)16-4-3-5-19(29)7-16;1-35-4-6-36(7-5-35)21-14-28-13-20-23(21)32-25(31-20)22-19-9-17(11-29-24(19)34-33-22)16-8-18(12-27-10-16)30-26(37)15-2-3-15;1-15(2)26(37)30-18-8-16(10-27-12-18)17-9-19-22(33-34-24(19)29-11-17)25-31-20-13-28-14-21(23(20)32-25)36-6-4-35(3)5-7-36;1-14(2)26(36)31-18-6-16(9-28-11-18)17-7-19-23(34-35-24(19)30-10-17)25-32-21-13-29-12-20(22(21)33-25)15-4-3-5-27-8-15/h3-5,7-15H,6H2,1-2H3,(H,33,38)(H,34,35)(H,32,36,37);8-15H,2-7H2,1H3,(H,30,37)(H,31,32)(H,29,33,34);8-15H,4-7H2,1-3H3,(H,30,37)(H,31,32)(H,29,33,34);3-14H,1-2H3,(H,31,36)(H,32,33)(H,30,34,35). The van der Waals surface area contributed by atoms with E-state index in [-0.39, 0.29) is 53.1 Å². The molecule has 12 N–H and O–H groups in total. The van der Waals surface area contributed by atoms with Gasteiger partial charge in [-0.3, -0.25) is 84.4 Å². The average Bonchev–Trinajstić information content (AvgIpc) is 1.62. The van der Waals surface area contributed by atoms with Gasteiger partial charge < -0.3 is 60.8 Å². The summed E-state index contributed by atoms with van der Waals surface area (Å²) < 4.78 is 13.9. The van der Waals surface area contributed by atoms with Gasteiger partial charge in [0.25, 0.3) is 0 Å². The Bertz CT molecular complexity index is 8530. The van der Waals surface area contributed by atoms with Gasteiger partial charge in [0.15, 0.2) is 45.9 Å². The summed E-state index contributed by atoms with van der Waals surface area (Å²) in [7, 11) is 4.29. The number of carbonyl (C=O) groups is 4. The van der Waals surface area contributed by atoms with E-state index in [1.54, 1.807) is 130 Å². The molecule has 3 fully saturated rings. The molecule has 41 nitrogen and oxygen atoms in total. The number of benzene rings is 1. The number of hydrogen-bond donors (Lipinski definition) is 12. The first-order valence-corrected chi connectivity index (χ1v) is 48.4. The second-order valence-electron chi connectivity index (χ2n) is 37.8. The van der Waals surface area contributed by atoms with Gasteiger partial charge in [0.05, 0.1) is 145 Å². The predicted octanol–water partition coefficient (Wildman–Crippen LogP) is 16.7. The number of imidazole rings is 4. The molecule has 148 heavy (non-hydrogen) atoms. The third-order valence-corrected chi connectivity index (χ3v) is 25.9. The number of carbonyl (C=O) groups excluding carboxylic acids is 4. The van der Waals surface area contributed by atoms with Crippen molar-refractivity contribution in [2.24, 2.45) is 23.7 Å². The number of aromatic amines is 8. The Morgan fingerprint density at radius 2 is 0.689 bits per heavy atom. The molecule has 23 heterocycles. The van der Waals surface area contributed by atoms with Gasteiger partial charge in [0.2, 0.25) is 23.6 Å². The third kappa shape index (κ3) is 20.0. The molecule has 0 unspecified atom stereocenters. The Labute approximate surface area is 842 Å². The molecule has 0 bridgehead atoms. The van der Waals surface area contributed by atoms with E-state index in [0.29, 0.717) is 103 Å². The van der Waals surface area contributed by atoms with Crippen LogP contribution in [0.4, 0.5) is 38.5 Å². The van der Waals surface area contributed by atoms with E-state index in [2.05, 4.69) is 180 Å². The molecule has 1 aliphatic carbocycles. The molecule has 42 heteroatoms. The maximum atomic E-state index is 13.9. The number of anilines is 6. The maximum absolute atomic E-state index is 13.9. The van der Waals surface area contributed by atoms with Crippen LogP contribution in [0, 0.1) is 29.5 Å². The van der Waals surface area contributed by atoms with Gasteiger partial charge in [-0.05, 0) is 105 Å². The summed E-state index contributed by atoms with van der Waals surface area (Å²) >= 11 is 0. The minimum Gasteiger partial charge on any atom is -0.366 e. The molecular formula is C106H98FN37O4. The molecule has 2 aliphatic heterocycles. The molecule has 0 atom stereocenters. The van der Waals surface area contributed by atoms with Crippen molar-refractivity contribution >= 4 is 146 Å². The number of likely N-dealkylation sites (N-methyl/N-ethyl adjacent to an activating group) is 2. The number of H-pyrrole nitrogens is 8. The van der Waals surface area contributed by atoms with Crippen LogP contribution in [0.15, 0.2) is 221 Å². The van der Waals surface area contributed by atoms with Gasteiger partial charge in [-0.15, -0.1) is 0 Å². The highest BCUT2D eigenvalue weighted by atomic mass is 19.1. The number of amides is 4. The number of halogens is 1. The maximum Gasteiger partial charge on any atom is 0.227 e. The smallest absolute Gasteiger partial charge is 0.227 e. The predicted molar refractivity (Wildman–Crippen MR) is 564 cm³/mol. The first kappa shape index (κ1) is 94.2. The molecule has 4 amide bonds. The van der Waals surface area contributed by atoms with Gasteiger partial charge in [0.1, 0.15) is 45.1 Å². The molecule has 1 aromatic carbocycles. The Balaban J connectivity index is 0.000000112. The monoisotopic (exact) mass is 1970 g/mol. The summed E-state index contributed by atoms with van der Waals surface area (Å²) in [6, 6.07) is 25.7. The van der Waals surface area contributed by atoms with E-state index in [0.717, 1.165) is 204 Å². The molecule has 2 saturated heterocycles. The third-order valence-electron chi connectivity index (χ3n) is 25.9. The van der Waals surface area contributed by atoms with Crippen molar-refractivity contribution in [2.45, 2.75) is 60.8 Å². The Kier molecular flexibility index (Phi) is 25.8. The number of rotatable bonds is 21. The highest BCUT2D eigenvalue weighted by Gasteiger charge is 2.31. The second-order valence-corrected chi connectivity index (χ2v) is 37.8. The number of pyridine rings is 13. The zero-order valence-corrected chi connectivity index (χ0v) is 81.6. The lowest BCUT2D eigenvalue weighted by molar-refractivity contribution is -0.119. The van der Waals surface area contributed by atoms with Gasteiger partial charge >= 0.3 is 0 Å². The van der Waals surface area contributed by atoms with Crippen LogP contribution >= 0.6 is 0 Å². The molecule has 25 rings (SSSR count). The van der Waals surface area contributed by atoms with Crippen LogP contribution in [0.3, 0.4) is 0 Å². The highest BCUT2D eigenvalue weighted by molar-refractivity contribution is 6.04. The van der Waals surface area contributed by atoms with Crippen molar-refractivity contribution in [3.05, 3.63) is 227 Å². The number of aromatic nitrogens is 29. The Hall–Kier alpha value is -18.7. The summed E-state index contributed by atoms with van der Waals surface area (Å²) in [6.07, 6.45) is 40.7. The van der Waals surface area contributed by atoms with Crippen LogP contribution in [0.25, 0.3) is 201 Å². The number of piperazine rings is 2. The van der Waals surface area contributed by atoms with Gasteiger partial charge in [-0.2, -0.15) is 20.4 Å². The Morgan fingerprint density at radius 3 is 1.05 bits per heavy atom. The van der Waals surface area contributed by atoms with Crippen molar-refractivity contribution < 1.29 is 23.6 Å². The fourth-order valence-electron chi connectivity index (χ4n) is 17.7. The normalized spacial score (nSPS) is 13.5. The first-order chi connectivity index (χ1) is 72.1. The van der Waals surface area contributed by atoms with E-state index in [1.165, 1.54) is 12.1 Å². The number of nitrogens with zero attached hydrogens (tertiary/aromatic N) is 25. The number of hydrogen-bond acceptors (Lipinski definition) is 29. The molecule has 738 valence electrons. The molecule has 0 spiro atoms. The van der Waals surface area contributed by atoms with E-state index in [1.807, 2.05) is 121 Å². The van der Waals surface area contributed by atoms with E-state index >= 15 is 0 Å². The van der Waals surface area contributed by atoms with E-state index in [9.17, 15) is 23.6 Å². The topological polar surface area (TPSA) is 526 Å². The van der Waals surface area contributed by atoms with Crippen LogP contribution in [0.1, 0.15) is 60.8 Å². The van der Waals surface area contributed by atoms with E-state index < -0.39 is 0 Å². The number of fused-ring (bicyclic) bond motifs is 8. The summed E-state index contributed by atoms with van der Waals surface area (Å²) in [4.78, 5) is 148. The van der Waals surface area contributed by atoms with Crippen LogP contribution in [0.5, 0.6) is 0 Å². The minimum atomic E-state index is -0.327. The summed E-state index contributed by atoms with van der Waals surface area (Å²) in [5, 5.41) is 44.7. The Morgan fingerprint density at radius 1 is 0.351 bits per heavy atom. The molecular weight excluding hydrogens is 1870 g/mol. The molecule has 1 saturated carbocycles. The minimum absolute atomic E-state index is 0.0540. The summed E-state index contributed by atoms with van der Waals surface area (Å²) in [6.45, 7) is 19.2. The molecule has 22 aromatic rings. The largest absolute Gasteiger partial charge is 0.366 e. The van der Waals surface area contributed by atoms with Gasteiger partial charge in [-0.25, -0.2) is 44.3 Å². The van der Waals surface area contributed by atoms with Crippen LogP contribution in [-0.4, -0.2) is 245 Å². The lowest BCUT2D eigenvalue weighted by atomic mass is 10.1. The summed E-state index contributed by atoms with van der Waals surface area (Å²) in [5.41, 5.74) is 26.3. The highest BCUT2D eigenvalue weighted by Crippen LogP contribution is 2.41. The lowest BCUT2D eigenvalue weighted by Gasteiger charge is -2.33. The number of nitrogens with one attached hydrogen (secondary N) is 12. The zero-order valence-electron chi connectivity index (χ0n) is 81.6. The van der Waals surface area contributed by atoms with Crippen molar-refractivity contribution in [3.8, 4) is 113 Å². The lowest BCUT2D eigenvalue weighted by Crippen LogP contribution is -2.44. The van der Waals surface area contributed by atoms with Crippen LogP contribution in [0.2, 0.25) is 0 Å². The van der Waals surface area contributed by atoms with Crippen LogP contribution in [-0.2, 0) is 19.2 Å². The zero-order chi connectivity index (χ0) is 101. The average molecular weight is 1970 g/mol. The van der Waals surface area contributed by atoms with Gasteiger partial charge in [0, 0.05) is 212 Å². The van der Waals surface area contributed by atoms with Crippen molar-refractivity contribution in [3.63, 3.8) is 0 Å². The van der Waals surface area contributed by atoms with Crippen molar-refractivity contribution in [2.75, 3.05) is 97.5 Å². The second kappa shape index (κ2) is 40.6. The SMILES string of the molecule is CC(C)C(=O)Nc1cncc(-c2cnc3n[nH]c(-c4nc5c(-c6cccnc6)cncc5[nH]4)c3c2)c1.CC(C)C(=O)Nc1cncc(-c2cnc3n[nH]c(-c4nc5c(N6CCN(C)CC6)cncc5[nH]4)c3c2)c1.CC(C)CC(=O)Nc1cncc(-c2cnc3n[nH]c(-c4nc5c(-c6cccc(F)c6)cncc5[nH]4)c3c2)c1.CN1CCN(c2cncc3[nH]c(-c4[nH]nc5ncc(-c6cncc(NC(=O)C7CC7)c6)cc45)nc23)CC1. The first-order valence-electron chi connectivity index (χ1n) is 48.4. The molecule has 3 aliphatic rings. The van der Waals surface area contributed by atoms with Gasteiger partial charge in [-0.1, -0.05) is 59.7 Å². The van der Waals surface area contributed by atoms with Crippen molar-refractivity contribution in [1.29, 1.82) is 0 Å². The molecule has 0 radical (unpaired) electrons. The summed E-state index contributed by atoms with van der Waals surface area (Å²) in [5.74, 6) is 2.24. The van der Waals surface area contributed by atoms with Crippen LogP contribution < -0.4 is 31.1 Å². The quantitative estimate of drug-likeness (QED) is 0.0318. The fraction of sp³-hybridized carbons (Fsp3) is 0.217.